The summed E-state index contributed by atoms with van der Waals surface area (Å²) in [5.74, 6) is -2.56. The first-order valence-electron chi connectivity index (χ1n) is 6.03. The molecule has 1 unspecified atom stereocenters. The van der Waals surface area contributed by atoms with Crippen LogP contribution in [0.3, 0.4) is 0 Å². The van der Waals surface area contributed by atoms with E-state index in [2.05, 4.69) is 0 Å². The van der Waals surface area contributed by atoms with Gasteiger partial charge in [0.2, 0.25) is 5.91 Å². The van der Waals surface area contributed by atoms with Crippen LogP contribution in [-0.4, -0.2) is 29.9 Å². The highest BCUT2D eigenvalue weighted by Crippen LogP contribution is 2.26. The number of benzene rings is 1. The Morgan fingerprint density at radius 1 is 1.32 bits per heavy atom. The molecule has 0 aromatic heterocycles. The highest BCUT2D eigenvalue weighted by atomic mass is 19.1. The zero-order chi connectivity index (χ0) is 14.2. The molecule has 1 aliphatic heterocycles. The van der Waals surface area contributed by atoms with Crippen LogP contribution in [0.5, 0.6) is 0 Å². The van der Waals surface area contributed by atoms with E-state index in [1.54, 1.807) is 13.8 Å². The lowest BCUT2D eigenvalue weighted by Gasteiger charge is -2.36. The largest absolute Gasteiger partial charge is 0.331 e. The summed E-state index contributed by atoms with van der Waals surface area (Å²) in [5, 5.41) is 0. The minimum Gasteiger partial charge on any atom is -0.323 e. The Labute approximate surface area is 109 Å². The molecule has 19 heavy (non-hydrogen) atoms. The molecule has 4 nitrogen and oxygen atoms in total. The van der Waals surface area contributed by atoms with E-state index in [1.807, 2.05) is 0 Å². The zero-order valence-electron chi connectivity index (χ0n) is 10.7. The van der Waals surface area contributed by atoms with Crippen LogP contribution < -0.4 is 4.90 Å². The molecule has 102 valence electrons. The number of carbonyl (C=O) groups excluding carboxylic acids is 2. The van der Waals surface area contributed by atoms with E-state index >= 15 is 0 Å². The number of hydrogen-bond acceptors (Lipinski definition) is 2. The first-order chi connectivity index (χ1) is 8.95. The fourth-order valence-electron chi connectivity index (χ4n) is 2.09. The van der Waals surface area contributed by atoms with Gasteiger partial charge in [0.05, 0.1) is 11.6 Å². The number of amides is 3. The van der Waals surface area contributed by atoms with Crippen LogP contribution in [0, 0.1) is 17.6 Å². The third kappa shape index (κ3) is 2.30. The summed E-state index contributed by atoms with van der Waals surface area (Å²) < 4.78 is 26.6. The van der Waals surface area contributed by atoms with Gasteiger partial charge in [0.15, 0.2) is 0 Å². The molecule has 0 N–H and O–H groups in total. The SMILES string of the molecule is CCN1CC(C)C(=O)N(c2ccc(F)cc2F)C1=O. The van der Waals surface area contributed by atoms with Crippen molar-refractivity contribution in [3.63, 3.8) is 0 Å². The molecular weight excluding hydrogens is 254 g/mol. The van der Waals surface area contributed by atoms with Crippen LogP contribution in [0.15, 0.2) is 18.2 Å². The minimum absolute atomic E-state index is 0.207. The van der Waals surface area contributed by atoms with Gasteiger partial charge in [0, 0.05) is 19.2 Å². The molecule has 1 saturated heterocycles. The second-order valence-electron chi connectivity index (χ2n) is 4.49. The summed E-state index contributed by atoms with van der Waals surface area (Å²) >= 11 is 0. The Bertz CT molecular complexity index is 533. The second kappa shape index (κ2) is 4.95. The molecule has 1 heterocycles. The average molecular weight is 268 g/mol. The number of carbonyl (C=O) groups is 2. The maximum Gasteiger partial charge on any atom is 0.331 e. The minimum atomic E-state index is -0.924. The summed E-state index contributed by atoms with van der Waals surface area (Å²) in [6.45, 7) is 4.19. The zero-order valence-corrected chi connectivity index (χ0v) is 10.7. The lowest BCUT2D eigenvalue weighted by Crippen LogP contribution is -2.56. The molecule has 1 aromatic rings. The highest BCUT2D eigenvalue weighted by Gasteiger charge is 2.38. The summed E-state index contributed by atoms with van der Waals surface area (Å²) in [4.78, 5) is 26.4. The molecule has 1 fully saturated rings. The summed E-state index contributed by atoms with van der Waals surface area (Å²) in [6.07, 6.45) is 0. The van der Waals surface area contributed by atoms with Gasteiger partial charge in [-0.2, -0.15) is 0 Å². The molecule has 1 aliphatic rings. The van der Waals surface area contributed by atoms with Crippen LogP contribution in [0.2, 0.25) is 0 Å². The van der Waals surface area contributed by atoms with Crippen molar-refractivity contribution >= 4 is 17.6 Å². The smallest absolute Gasteiger partial charge is 0.323 e. The van der Waals surface area contributed by atoms with E-state index in [-0.39, 0.29) is 5.69 Å². The number of rotatable bonds is 2. The van der Waals surface area contributed by atoms with Gasteiger partial charge < -0.3 is 4.90 Å². The van der Waals surface area contributed by atoms with Crippen LogP contribution in [0.4, 0.5) is 19.3 Å². The van der Waals surface area contributed by atoms with Gasteiger partial charge in [0.25, 0.3) is 0 Å². The maximum absolute atomic E-state index is 13.7. The third-order valence-electron chi connectivity index (χ3n) is 3.13. The molecular formula is C13H14F2N2O2. The summed E-state index contributed by atoms with van der Waals surface area (Å²) in [5.41, 5.74) is -0.207. The van der Waals surface area contributed by atoms with Gasteiger partial charge >= 0.3 is 6.03 Å². The van der Waals surface area contributed by atoms with Crippen molar-refractivity contribution in [2.45, 2.75) is 13.8 Å². The Balaban J connectivity index is 2.45. The maximum atomic E-state index is 13.7. The van der Waals surface area contributed by atoms with E-state index in [0.717, 1.165) is 17.0 Å². The van der Waals surface area contributed by atoms with Gasteiger partial charge in [0.1, 0.15) is 11.6 Å². The van der Waals surface area contributed by atoms with E-state index in [9.17, 15) is 18.4 Å². The fraction of sp³-hybridized carbons (Fsp3) is 0.385. The molecule has 2 rings (SSSR count). The molecule has 0 saturated carbocycles. The summed E-state index contributed by atoms with van der Waals surface area (Å²) in [7, 11) is 0. The predicted octanol–water partition coefficient (Wildman–Crippen LogP) is 2.39. The van der Waals surface area contributed by atoms with Crippen LogP contribution in [-0.2, 0) is 4.79 Å². The average Bonchev–Trinajstić information content (AvgIpc) is 2.36. The van der Waals surface area contributed by atoms with E-state index in [1.165, 1.54) is 4.90 Å². The summed E-state index contributed by atoms with van der Waals surface area (Å²) in [6, 6.07) is 2.21. The number of anilines is 1. The standard InChI is InChI=1S/C13H14F2N2O2/c1-3-16-7-8(2)12(18)17(13(16)19)11-5-4-9(14)6-10(11)15/h4-6,8H,3,7H2,1-2H3. The van der Waals surface area contributed by atoms with Gasteiger partial charge in [-0.15, -0.1) is 0 Å². The first-order valence-corrected chi connectivity index (χ1v) is 6.03. The predicted molar refractivity (Wildman–Crippen MR) is 65.7 cm³/mol. The Morgan fingerprint density at radius 3 is 2.58 bits per heavy atom. The lowest BCUT2D eigenvalue weighted by molar-refractivity contribution is -0.122. The van der Waals surface area contributed by atoms with Crippen molar-refractivity contribution < 1.29 is 18.4 Å². The number of hydrogen-bond donors (Lipinski definition) is 0. The highest BCUT2D eigenvalue weighted by molar-refractivity contribution is 6.16. The van der Waals surface area contributed by atoms with E-state index in [0.29, 0.717) is 19.2 Å². The second-order valence-corrected chi connectivity index (χ2v) is 4.49. The Kier molecular flexibility index (Phi) is 3.50. The van der Waals surface area contributed by atoms with Crippen molar-refractivity contribution in [3.8, 4) is 0 Å². The van der Waals surface area contributed by atoms with Crippen LogP contribution in [0.25, 0.3) is 0 Å². The molecule has 1 aromatic carbocycles. The van der Waals surface area contributed by atoms with Gasteiger partial charge in [-0.25, -0.2) is 18.5 Å². The number of halogens is 2. The number of urea groups is 1. The van der Waals surface area contributed by atoms with Gasteiger partial charge in [-0.05, 0) is 19.1 Å². The van der Waals surface area contributed by atoms with Crippen molar-refractivity contribution in [3.05, 3.63) is 29.8 Å². The molecule has 3 amide bonds. The van der Waals surface area contributed by atoms with Crippen LogP contribution >= 0.6 is 0 Å². The molecule has 0 aliphatic carbocycles. The van der Waals surface area contributed by atoms with Crippen molar-refractivity contribution in [1.29, 1.82) is 0 Å². The van der Waals surface area contributed by atoms with Gasteiger partial charge in [-0.3, -0.25) is 4.79 Å². The Morgan fingerprint density at radius 2 is 2.00 bits per heavy atom. The molecule has 0 spiro atoms. The van der Waals surface area contributed by atoms with Gasteiger partial charge in [-0.1, -0.05) is 6.92 Å². The molecule has 0 radical (unpaired) electrons. The monoisotopic (exact) mass is 268 g/mol. The molecule has 0 bridgehead atoms. The fourth-order valence-corrected chi connectivity index (χ4v) is 2.09. The third-order valence-corrected chi connectivity index (χ3v) is 3.13. The molecule has 1 atom stereocenters. The first kappa shape index (κ1) is 13.5. The number of nitrogens with zero attached hydrogens (tertiary/aromatic N) is 2. The van der Waals surface area contributed by atoms with Crippen molar-refractivity contribution in [2.24, 2.45) is 5.92 Å². The lowest BCUT2D eigenvalue weighted by atomic mass is 10.1. The normalized spacial score (nSPS) is 20.1. The van der Waals surface area contributed by atoms with E-state index in [4.69, 9.17) is 0 Å². The van der Waals surface area contributed by atoms with Crippen molar-refractivity contribution in [1.82, 2.24) is 4.90 Å². The van der Waals surface area contributed by atoms with E-state index < -0.39 is 29.5 Å². The quantitative estimate of drug-likeness (QED) is 0.826. The van der Waals surface area contributed by atoms with Crippen LogP contribution in [0.1, 0.15) is 13.8 Å². The topological polar surface area (TPSA) is 40.6 Å². The molecule has 6 heteroatoms. The van der Waals surface area contributed by atoms with Crippen molar-refractivity contribution in [2.75, 3.05) is 18.0 Å². The Hall–Kier alpha value is -1.98. The number of imide groups is 1.